The third-order valence-electron chi connectivity index (χ3n) is 4.56. The molecule has 7 heteroatoms. The van der Waals surface area contributed by atoms with Gasteiger partial charge in [-0.1, -0.05) is 6.07 Å². The van der Waals surface area contributed by atoms with Gasteiger partial charge in [0, 0.05) is 12.7 Å². The summed E-state index contributed by atoms with van der Waals surface area (Å²) < 4.78 is 29.2. The minimum absolute atomic E-state index is 0.0201. The molecule has 0 fully saturated rings. The maximum atomic E-state index is 14.6. The van der Waals surface area contributed by atoms with Crippen molar-refractivity contribution in [3.8, 4) is 5.69 Å². The van der Waals surface area contributed by atoms with Crippen LogP contribution in [0.1, 0.15) is 16.8 Å². The van der Waals surface area contributed by atoms with Crippen LogP contribution < -0.4 is 10.6 Å². The predicted octanol–water partition coefficient (Wildman–Crippen LogP) is 2.98. The number of anilines is 1. The highest BCUT2D eigenvalue weighted by atomic mass is 19.1. The molecule has 1 amide bonds. The molecule has 1 aliphatic rings. The molecule has 0 bridgehead atoms. The molecular formula is C20H18F2N4O. The number of hydrogen-bond acceptors (Lipinski definition) is 3. The average molecular weight is 368 g/mol. The van der Waals surface area contributed by atoms with Crippen molar-refractivity contribution in [2.24, 2.45) is 0 Å². The van der Waals surface area contributed by atoms with E-state index in [0.29, 0.717) is 29.9 Å². The van der Waals surface area contributed by atoms with Gasteiger partial charge in [-0.05, 0) is 60.5 Å². The van der Waals surface area contributed by atoms with Crippen molar-refractivity contribution < 1.29 is 13.6 Å². The van der Waals surface area contributed by atoms with Crippen LogP contribution in [-0.4, -0.2) is 22.2 Å². The van der Waals surface area contributed by atoms with Crippen LogP contribution in [0.5, 0.6) is 0 Å². The first-order chi connectivity index (χ1) is 13.1. The van der Waals surface area contributed by atoms with E-state index >= 15 is 0 Å². The molecule has 0 saturated carbocycles. The minimum Gasteiger partial charge on any atom is -0.323 e. The molecule has 0 spiro atoms. The standard InChI is InChI=1S/C20H18F2N4O/c21-14-2-4-16(5-3-14)26-10-8-15(25-26)11-19(27)24-18-6-1-13-12-23-9-7-17(13)20(18)22/h1-6,8,10,23H,7,9,11-12H2,(H,24,27). The lowest BCUT2D eigenvalue weighted by atomic mass is 9.99. The van der Waals surface area contributed by atoms with E-state index in [1.165, 1.54) is 12.1 Å². The van der Waals surface area contributed by atoms with Gasteiger partial charge in [-0.2, -0.15) is 5.10 Å². The van der Waals surface area contributed by atoms with E-state index < -0.39 is 0 Å². The van der Waals surface area contributed by atoms with Crippen LogP contribution >= 0.6 is 0 Å². The predicted molar refractivity (Wildman–Crippen MR) is 97.7 cm³/mol. The van der Waals surface area contributed by atoms with E-state index in [4.69, 9.17) is 0 Å². The fraction of sp³-hybridized carbons (Fsp3) is 0.200. The molecule has 2 aromatic carbocycles. The van der Waals surface area contributed by atoms with Crippen LogP contribution in [0.25, 0.3) is 5.69 Å². The Balaban J connectivity index is 1.45. The zero-order valence-corrected chi connectivity index (χ0v) is 14.5. The van der Waals surface area contributed by atoms with Crippen molar-refractivity contribution in [3.05, 3.63) is 77.1 Å². The van der Waals surface area contributed by atoms with Crippen molar-refractivity contribution in [1.29, 1.82) is 0 Å². The molecule has 3 aromatic rings. The first-order valence-electron chi connectivity index (χ1n) is 8.71. The number of carbonyl (C=O) groups is 1. The largest absolute Gasteiger partial charge is 0.323 e. The molecule has 0 saturated heterocycles. The van der Waals surface area contributed by atoms with Gasteiger partial charge < -0.3 is 10.6 Å². The van der Waals surface area contributed by atoms with Crippen molar-refractivity contribution in [2.75, 3.05) is 11.9 Å². The van der Waals surface area contributed by atoms with E-state index in [2.05, 4.69) is 15.7 Å². The maximum absolute atomic E-state index is 14.6. The lowest BCUT2D eigenvalue weighted by Gasteiger charge is -2.19. The van der Waals surface area contributed by atoms with E-state index in [1.54, 1.807) is 35.1 Å². The minimum atomic E-state index is -0.362. The molecule has 0 radical (unpaired) electrons. The smallest absolute Gasteiger partial charge is 0.230 e. The lowest BCUT2D eigenvalue weighted by Crippen LogP contribution is -2.25. The number of hydrogen-bond donors (Lipinski definition) is 2. The van der Waals surface area contributed by atoms with Crippen molar-refractivity contribution in [2.45, 2.75) is 19.4 Å². The lowest BCUT2D eigenvalue weighted by molar-refractivity contribution is -0.115. The Labute approximate surface area is 155 Å². The van der Waals surface area contributed by atoms with Crippen LogP contribution in [0, 0.1) is 11.6 Å². The fourth-order valence-electron chi connectivity index (χ4n) is 3.18. The number of carbonyl (C=O) groups excluding carboxylic acids is 1. The fourth-order valence-corrected chi connectivity index (χ4v) is 3.18. The molecule has 2 heterocycles. The summed E-state index contributed by atoms with van der Waals surface area (Å²) in [5.74, 6) is -1.03. The van der Waals surface area contributed by atoms with E-state index in [1.807, 2.05) is 6.07 Å². The Morgan fingerprint density at radius 1 is 1.15 bits per heavy atom. The second-order valence-electron chi connectivity index (χ2n) is 6.44. The Kier molecular flexibility index (Phi) is 4.68. The SMILES string of the molecule is O=C(Cc1ccn(-c2ccc(F)cc2)n1)Nc1ccc2c(c1F)CCNC2. The first kappa shape index (κ1) is 17.4. The summed E-state index contributed by atoms with van der Waals surface area (Å²) >= 11 is 0. The Bertz CT molecular complexity index is 982. The van der Waals surface area contributed by atoms with Crippen LogP contribution in [0.15, 0.2) is 48.7 Å². The number of amides is 1. The van der Waals surface area contributed by atoms with E-state index in [0.717, 1.165) is 12.1 Å². The van der Waals surface area contributed by atoms with Crippen LogP contribution in [0.2, 0.25) is 0 Å². The van der Waals surface area contributed by atoms with Gasteiger partial charge in [0.1, 0.15) is 11.6 Å². The summed E-state index contributed by atoms with van der Waals surface area (Å²) in [7, 11) is 0. The van der Waals surface area contributed by atoms with E-state index in [9.17, 15) is 13.6 Å². The summed E-state index contributed by atoms with van der Waals surface area (Å²) in [5, 5.41) is 10.1. The highest BCUT2D eigenvalue weighted by molar-refractivity contribution is 5.92. The number of benzene rings is 2. The van der Waals surface area contributed by atoms with Gasteiger partial charge in [0.05, 0.1) is 23.5 Å². The third-order valence-corrected chi connectivity index (χ3v) is 4.56. The summed E-state index contributed by atoms with van der Waals surface area (Å²) in [5.41, 5.74) is 3.01. The van der Waals surface area contributed by atoms with E-state index in [-0.39, 0.29) is 29.6 Å². The number of rotatable bonds is 4. The quantitative estimate of drug-likeness (QED) is 0.744. The normalized spacial score (nSPS) is 13.3. The van der Waals surface area contributed by atoms with Crippen LogP contribution in [0.4, 0.5) is 14.5 Å². The maximum Gasteiger partial charge on any atom is 0.230 e. The first-order valence-corrected chi connectivity index (χ1v) is 8.71. The number of halogens is 2. The third kappa shape index (κ3) is 3.73. The topological polar surface area (TPSA) is 59.0 Å². The summed E-state index contributed by atoms with van der Waals surface area (Å²) in [6, 6.07) is 11.0. The van der Waals surface area contributed by atoms with Gasteiger partial charge >= 0.3 is 0 Å². The van der Waals surface area contributed by atoms with Gasteiger partial charge in [-0.3, -0.25) is 4.79 Å². The van der Waals surface area contributed by atoms with Crippen LogP contribution in [0.3, 0.4) is 0 Å². The number of nitrogens with zero attached hydrogens (tertiary/aromatic N) is 2. The number of fused-ring (bicyclic) bond motifs is 1. The molecule has 1 aliphatic heterocycles. The Morgan fingerprint density at radius 2 is 1.96 bits per heavy atom. The van der Waals surface area contributed by atoms with Crippen molar-refractivity contribution in [3.63, 3.8) is 0 Å². The van der Waals surface area contributed by atoms with Crippen LogP contribution in [-0.2, 0) is 24.2 Å². The molecule has 0 unspecified atom stereocenters. The van der Waals surface area contributed by atoms with Gasteiger partial charge in [-0.25, -0.2) is 13.5 Å². The molecular weight excluding hydrogens is 350 g/mol. The molecule has 0 atom stereocenters. The highest BCUT2D eigenvalue weighted by Crippen LogP contribution is 2.24. The summed E-state index contributed by atoms with van der Waals surface area (Å²) in [4.78, 5) is 12.3. The Morgan fingerprint density at radius 3 is 2.78 bits per heavy atom. The number of nitrogens with one attached hydrogen (secondary N) is 2. The van der Waals surface area contributed by atoms with Crippen molar-refractivity contribution in [1.82, 2.24) is 15.1 Å². The van der Waals surface area contributed by atoms with Gasteiger partial charge in [0.15, 0.2) is 0 Å². The van der Waals surface area contributed by atoms with Gasteiger partial charge in [-0.15, -0.1) is 0 Å². The zero-order valence-electron chi connectivity index (χ0n) is 14.5. The number of aromatic nitrogens is 2. The van der Waals surface area contributed by atoms with Gasteiger partial charge in [0.25, 0.3) is 0 Å². The monoisotopic (exact) mass is 368 g/mol. The molecule has 1 aromatic heterocycles. The molecule has 4 rings (SSSR count). The second kappa shape index (κ2) is 7.28. The summed E-state index contributed by atoms with van der Waals surface area (Å²) in [6.07, 6.45) is 2.32. The molecule has 0 aliphatic carbocycles. The Hall–Kier alpha value is -3.06. The zero-order chi connectivity index (χ0) is 18.8. The summed E-state index contributed by atoms with van der Waals surface area (Å²) in [6.45, 7) is 1.36. The second-order valence-corrected chi connectivity index (χ2v) is 6.44. The molecule has 5 nitrogen and oxygen atoms in total. The molecule has 27 heavy (non-hydrogen) atoms. The van der Waals surface area contributed by atoms with Gasteiger partial charge in [0.2, 0.25) is 5.91 Å². The molecule has 2 N–H and O–H groups in total. The average Bonchev–Trinajstić information content (AvgIpc) is 3.13. The van der Waals surface area contributed by atoms with Crippen molar-refractivity contribution >= 4 is 11.6 Å². The molecule has 138 valence electrons. The highest BCUT2D eigenvalue weighted by Gasteiger charge is 2.18.